The van der Waals surface area contributed by atoms with Crippen molar-refractivity contribution in [3.8, 4) is 0 Å². The zero-order chi connectivity index (χ0) is 13.8. The number of hydrogen-bond donors (Lipinski definition) is 1. The molecule has 0 heterocycles. The van der Waals surface area contributed by atoms with Crippen molar-refractivity contribution in [2.45, 2.75) is 33.2 Å². The van der Waals surface area contributed by atoms with Crippen LogP contribution in [0.1, 0.15) is 37.5 Å². The van der Waals surface area contributed by atoms with Gasteiger partial charge in [-0.3, -0.25) is 0 Å². The third kappa shape index (κ3) is 3.92. The van der Waals surface area contributed by atoms with E-state index in [1.54, 1.807) is 6.08 Å². The predicted octanol–water partition coefficient (Wildman–Crippen LogP) is 4.55. The lowest BCUT2D eigenvalue weighted by molar-refractivity contribution is 0.502. The molecule has 0 amide bonds. The highest BCUT2D eigenvalue weighted by Crippen LogP contribution is 2.22. The molecule has 1 aromatic rings. The maximum Gasteiger partial charge on any atom is 0.0350 e. The second kappa shape index (κ2) is 5.72. The first-order chi connectivity index (χ1) is 8.35. The van der Waals surface area contributed by atoms with Crippen molar-refractivity contribution in [1.29, 1.82) is 0 Å². The van der Waals surface area contributed by atoms with Gasteiger partial charge >= 0.3 is 0 Å². The first-order valence-corrected chi connectivity index (χ1v) is 6.21. The van der Waals surface area contributed by atoms with Gasteiger partial charge in [0, 0.05) is 16.8 Å². The summed E-state index contributed by atoms with van der Waals surface area (Å²) >= 11 is 0. The van der Waals surface area contributed by atoms with E-state index >= 15 is 0 Å². The molecule has 0 unspecified atom stereocenters. The van der Waals surface area contributed by atoms with Crippen molar-refractivity contribution in [2.75, 3.05) is 0 Å². The predicted molar refractivity (Wildman–Crippen MR) is 82.3 cm³/mol. The highest BCUT2D eigenvalue weighted by Gasteiger charge is 2.13. The average molecular weight is 241 g/mol. The molecule has 0 radical (unpaired) electrons. The van der Waals surface area contributed by atoms with Crippen LogP contribution in [0.4, 0.5) is 0 Å². The molecule has 0 aliphatic rings. The quantitative estimate of drug-likeness (QED) is 0.762. The largest absolute Gasteiger partial charge is 0.380 e. The van der Waals surface area contributed by atoms with Gasteiger partial charge < -0.3 is 5.32 Å². The van der Waals surface area contributed by atoms with E-state index in [0.29, 0.717) is 0 Å². The van der Waals surface area contributed by atoms with Gasteiger partial charge in [0.15, 0.2) is 0 Å². The van der Waals surface area contributed by atoms with Gasteiger partial charge in [0.25, 0.3) is 0 Å². The van der Waals surface area contributed by atoms with Crippen LogP contribution < -0.4 is 5.32 Å². The van der Waals surface area contributed by atoms with Crippen molar-refractivity contribution < 1.29 is 0 Å². The Kier molecular flexibility index (Phi) is 4.55. The highest BCUT2D eigenvalue weighted by atomic mass is 15.0. The fraction of sp³-hybridized carbons (Fsp3) is 0.294. The molecule has 1 nitrogen and oxygen atoms in total. The van der Waals surface area contributed by atoms with Crippen molar-refractivity contribution in [3.63, 3.8) is 0 Å². The lowest BCUT2D eigenvalue weighted by Crippen LogP contribution is -2.34. The van der Waals surface area contributed by atoms with Gasteiger partial charge in [-0.1, -0.05) is 49.6 Å². The Bertz CT molecular complexity index is 473. The van der Waals surface area contributed by atoms with Gasteiger partial charge in [-0.05, 0) is 38.8 Å². The van der Waals surface area contributed by atoms with E-state index in [1.165, 1.54) is 11.1 Å². The minimum atomic E-state index is 0.0141. The third-order valence-electron chi connectivity index (χ3n) is 2.57. The fourth-order valence-electron chi connectivity index (χ4n) is 1.85. The molecule has 1 heteroatoms. The van der Waals surface area contributed by atoms with Crippen molar-refractivity contribution in [1.82, 2.24) is 5.32 Å². The summed E-state index contributed by atoms with van der Waals surface area (Å²) in [5, 5.41) is 3.43. The van der Waals surface area contributed by atoms with Crippen LogP contribution in [0.5, 0.6) is 0 Å². The van der Waals surface area contributed by atoms with Crippen LogP contribution in [0.15, 0.2) is 43.5 Å². The molecule has 0 fully saturated rings. The van der Waals surface area contributed by atoms with E-state index < -0.39 is 0 Å². The van der Waals surface area contributed by atoms with E-state index in [1.807, 2.05) is 6.08 Å². The van der Waals surface area contributed by atoms with E-state index in [0.717, 1.165) is 11.3 Å². The Morgan fingerprint density at radius 3 is 2.50 bits per heavy atom. The Labute approximate surface area is 111 Å². The molecule has 0 aliphatic carbocycles. The summed E-state index contributed by atoms with van der Waals surface area (Å²) in [5.41, 5.74) is 4.54. The summed E-state index contributed by atoms with van der Waals surface area (Å²) in [4.78, 5) is 0. The molecule has 0 bridgehead atoms. The van der Waals surface area contributed by atoms with Crippen molar-refractivity contribution in [3.05, 3.63) is 60.2 Å². The van der Waals surface area contributed by atoms with Crippen LogP contribution >= 0.6 is 0 Å². The minimum Gasteiger partial charge on any atom is -0.380 e. The van der Waals surface area contributed by atoms with E-state index in [9.17, 15) is 0 Å². The first kappa shape index (κ1) is 14.3. The first-order valence-electron chi connectivity index (χ1n) is 6.21. The molecule has 0 aromatic heterocycles. The molecule has 1 aromatic carbocycles. The van der Waals surface area contributed by atoms with Gasteiger partial charge in [0.05, 0.1) is 0 Å². The lowest BCUT2D eigenvalue weighted by Gasteiger charge is -2.25. The Hall–Kier alpha value is -1.76. The molecule has 0 saturated heterocycles. The second-order valence-electron chi connectivity index (χ2n) is 5.48. The Morgan fingerprint density at radius 2 is 1.94 bits per heavy atom. The van der Waals surface area contributed by atoms with Crippen LogP contribution in [-0.4, -0.2) is 5.54 Å². The third-order valence-corrected chi connectivity index (χ3v) is 2.57. The number of hydrogen-bond acceptors (Lipinski definition) is 1. The molecule has 0 spiro atoms. The number of rotatable bonds is 4. The van der Waals surface area contributed by atoms with Crippen LogP contribution in [0, 0.1) is 6.92 Å². The average Bonchev–Trinajstić information content (AvgIpc) is 2.24. The van der Waals surface area contributed by atoms with E-state index in [2.05, 4.69) is 70.4 Å². The summed E-state index contributed by atoms with van der Waals surface area (Å²) in [5.74, 6) is 0. The lowest BCUT2D eigenvalue weighted by atomic mass is 9.98. The monoisotopic (exact) mass is 241 g/mol. The zero-order valence-electron chi connectivity index (χ0n) is 11.9. The Morgan fingerprint density at radius 1 is 1.28 bits per heavy atom. The molecule has 0 atom stereocenters. The summed E-state index contributed by atoms with van der Waals surface area (Å²) in [7, 11) is 0. The minimum absolute atomic E-state index is 0.0141. The van der Waals surface area contributed by atoms with Gasteiger partial charge in [-0.2, -0.15) is 0 Å². The van der Waals surface area contributed by atoms with E-state index in [4.69, 9.17) is 0 Å². The molecule has 96 valence electrons. The van der Waals surface area contributed by atoms with Crippen LogP contribution in [0.2, 0.25) is 0 Å². The molecule has 18 heavy (non-hydrogen) atoms. The summed E-state index contributed by atoms with van der Waals surface area (Å²) in [6.45, 7) is 16.4. The van der Waals surface area contributed by atoms with Gasteiger partial charge in [0.2, 0.25) is 0 Å². The molecule has 0 saturated carbocycles. The standard InChI is InChI=1S/C17H23N/c1-7-8-11-15-13(2)10-9-12-16(15)14(3)18-17(4,5)6/h7-12,18H,1,3H2,2,4-6H3/b11-8-. The zero-order valence-corrected chi connectivity index (χ0v) is 11.9. The summed E-state index contributed by atoms with van der Waals surface area (Å²) < 4.78 is 0. The van der Waals surface area contributed by atoms with Crippen LogP contribution in [-0.2, 0) is 0 Å². The second-order valence-corrected chi connectivity index (χ2v) is 5.48. The molecular weight excluding hydrogens is 218 g/mol. The fourth-order valence-corrected chi connectivity index (χ4v) is 1.85. The topological polar surface area (TPSA) is 12.0 Å². The maximum absolute atomic E-state index is 4.15. The highest BCUT2D eigenvalue weighted by molar-refractivity contribution is 5.74. The number of nitrogens with one attached hydrogen (secondary N) is 1. The number of benzene rings is 1. The molecule has 0 aliphatic heterocycles. The number of aryl methyl sites for hydroxylation is 1. The summed E-state index contributed by atoms with van der Waals surface area (Å²) in [6.07, 6.45) is 5.82. The summed E-state index contributed by atoms with van der Waals surface area (Å²) in [6, 6.07) is 6.26. The SMILES string of the molecule is C=C/C=C\c1c(C)cccc1C(=C)NC(C)(C)C. The van der Waals surface area contributed by atoms with Crippen molar-refractivity contribution >= 4 is 11.8 Å². The van der Waals surface area contributed by atoms with Crippen LogP contribution in [0.3, 0.4) is 0 Å². The van der Waals surface area contributed by atoms with E-state index in [-0.39, 0.29) is 5.54 Å². The normalized spacial score (nSPS) is 11.6. The van der Waals surface area contributed by atoms with Gasteiger partial charge in [-0.15, -0.1) is 0 Å². The van der Waals surface area contributed by atoms with Gasteiger partial charge in [0.1, 0.15) is 0 Å². The van der Waals surface area contributed by atoms with Crippen LogP contribution in [0.25, 0.3) is 11.8 Å². The van der Waals surface area contributed by atoms with Gasteiger partial charge in [-0.25, -0.2) is 0 Å². The van der Waals surface area contributed by atoms with Crippen molar-refractivity contribution in [2.24, 2.45) is 0 Å². The molecule has 1 rings (SSSR count). The molecule has 1 N–H and O–H groups in total. The molecular formula is C17H23N. The maximum atomic E-state index is 4.15. The smallest absolute Gasteiger partial charge is 0.0350 e. The Balaban J connectivity index is 3.16. The number of allylic oxidation sites excluding steroid dienone is 2.